The first-order valence-electron chi connectivity index (χ1n) is 9.24. The van der Waals surface area contributed by atoms with E-state index in [4.69, 9.17) is 4.42 Å². The van der Waals surface area contributed by atoms with E-state index in [1.54, 1.807) is 24.3 Å². The number of Topliss-reactive ketones (excluding diaryl/α,β-unsaturated/α-hetero) is 1. The van der Waals surface area contributed by atoms with Crippen LogP contribution in [0.15, 0.2) is 52.0 Å². The summed E-state index contributed by atoms with van der Waals surface area (Å²) in [6.07, 6.45) is 2.41. The fourth-order valence-corrected chi connectivity index (χ4v) is 4.69. The van der Waals surface area contributed by atoms with Crippen LogP contribution in [0.2, 0.25) is 0 Å². The second kappa shape index (κ2) is 8.37. The Hall–Kier alpha value is -1.96. The van der Waals surface area contributed by atoms with Crippen molar-refractivity contribution in [1.82, 2.24) is 9.21 Å². The first-order chi connectivity index (χ1) is 12.9. The quantitative estimate of drug-likeness (QED) is 0.680. The maximum absolute atomic E-state index is 12.9. The van der Waals surface area contributed by atoms with E-state index in [0.29, 0.717) is 42.8 Å². The summed E-state index contributed by atoms with van der Waals surface area (Å²) in [5, 5.41) is 0. The van der Waals surface area contributed by atoms with E-state index in [-0.39, 0.29) is 12.3 Å². The number of hydrogen-bond acceptors (Lipinski definition) is 5. The van der Waals surface area contributed by atoms with Crippen LogP contribution in [-0.4, -0.2) is 56.1 Å². The van der Waals surface area contributed by atoms with E-state index < -0.39 is 10.0 Å². The van der Waals surface area contributed by atoms with Crippen molar-refractivity contribution < 1.29 is 17.6 Å². The predicted molar refractivity (Wildman–Crippen MR) is 103 cm³/mol. The molecule has 3 rings (SSSR count). The van der Waals surface area contributed by atoms with Gasteiger partial charge in [-0.3, -0.25) is 9.69 Å². The summed E-state index contributed by atoms with van der Waals surface area (Å²) in [5.41, 5.74) is 1.14. The third-order valence-electron chi connectivity index (χ3n) is 4.70. The molecule has 1 fully saturated rings. The lowest BCUT2D eigenvalue weighted by Gasteiger charge is -2.33. The second-order valence-electron chi connectivity index (χ2n) is 7.32. The number of ketones is 1. The van der Waals surface area contributed by atoms with Gasteiger partial charge in [0.2, 0.25) is 15.8 Å². The normalized spacial score (nSPS) is 16.7. The minimum atomic E-state index is -3.50. The van der Waals surface area contributed by atoms with Gasteiger partial charge in [-0.2, -0.15) is 4.31 Å². The van der Waals surface area contributed by atoms with Crippen molar-refractivity contribution in [3.05, 3.63) is 54.0 Å². The molecule has 0 unspecified atom stereocenters. The van der Waals surface area contributed by atoms with Gasteiger partial charge in [0.25, 0.3) is 0 Å². The van der Waals surface area contributed by atoms with Crippen LogP contribution in [0.4, 0.5) is 0 Å². The minimum Gasteiger partial charge on any atom is -0.461 e. The van der Waals surface area contributed by atoms with Crippen LogP contribution in [0.3, 0.4) is 0 Å². The molecular formula is C20H26N2O4S. The zero-order chi connectivity index (χ0) is 19.4. The number of carbonyl (C=O) groups excluding carboxylic acids is 1. The Labute approximate surface area is 160 Å². The topological polar surface area (TPSA) is 70.8 Å². The first kappa shape index (κ1) is 19.8. The van der Waals surface area contributed by atoms with E-state index in [0.717, 1.165) is 12.0 Å². The Morgan fingerprint density at radius 2 is 1.74 bits per heavy atom. The van der Waals surface area contributed by atoms with Crippen LogP contribution in [0.1, 0.15) is 30.0 Å². The highest BCUT2D eigenvalue weighted by molar-refractivity contribution is 7.89. The molecular weight excluding hydrogens is 364 g/mol. The number of rotatable bonds is 7. The molecule has 6 nitrogen and oxygen atoms in total. The van der Waals surface area contributed by atoms with Gasteiger partial charge in [0.15, 0.2) is 5.76 Å². The van der Waals surface area contributed by atoms with Gasteiger partial charge in [0.05, 0.1) is 17.7 Å². The molecule has 0 spiro atoms. The Kier molecular flexibility index (Phi) is 6.14. The molecule has 0 saturated carbocycles. The largest absolute Gasteiger partial charge is 0.461 e. The number of piperazine rings is 1. The third kappa shape index (κ3) is 4.86. The Bertz CT molecular complexity index is 850. The van der Waals surface area contributed by atoms with Crippen molar-refractivity contribution >= 4 is 15.8 Å². The molecule has 27 heavy (non-hydrogen) atoms. The second-order valence-corrected chi connectivity index (χ2v) is 9.26. The maximum Gasteiger partial charge on any atom is 0.243 e. The molecule has 0 bridgehead atoms. The number of nitrogens with zero attached hydrogens (tertiary/aromatic N) is 2. The van der Waals surface area contributed by atoms with Gasteiger partial charge >= 0.3 is 0 Å². The zero-order valence-electron chi connectivity index (χ0n) is 15.8. The van der Waals surface area contributed by atoms with Crippen molar-refractivity contribution in [2.45, 2.75) is 25.2 Å². The highest BCUT2D eigenvalue weighted by Crippen LogP contribution is 2.19. The summed E-state index contributed by atoms with van der Waals surface area (Å²) in [5.74, 6) is 0.785. The molecule has 0 aliphatic carbocycles. The molecule has 1 aliphatic heterocycles. The summed E-state index contributed by atoms with van der Waals surface area (Å²) in [7, 11) is -3.50. The molecule has 0 N–H and O–H groups in total. The monoisotopic (exact) mass is 390 g/mol. The van der Waals surface area contributed by atoms with Crippen LogP contribution in [0.5, 0.6) is 0 Å². The number of hydrogen-bond donors (Lipinski definition) is 0. The number of carbonyl (C=O) groups is 1. The molecule has 146 valence electrons. The van der Waals surface area contributed by atoms with Gasteiger partial charge in [-0.1, -0.05) is 26.0 Å². The zero-order valence-corrected chi connectivity index (χ0v) is 16.6. The standard InChI is InChI=1S/C20H26N2O4S/c1-16(2)14-17-5-7-18(8-6-17)27(24,25)22-11-9-21(10-12-22)15-19(23)20-4-3-13-26-20/h3-8,13,16H,9-12,14-15H2,1-2H3. The van der Waals surface area contributed by atoms with Gasteiger partial charge in [-0.15, -0.1) is 0 Å². The molecule has 0 atom stereocenters. The molecule has 1 aliphatic rings. The molecule has 0 radical (unpaired) electrons. The van der Waals surface area contributed by atoms with Crippen molar-refractivity contribution in [2.24, 2.45) is 5.92 Å². The van der Waals surface area contributed by atoms with E-state index in [1.807, 2.05) is 17.0 Å². The van der Waals surface area contributed by atoms with Crippen LogP contribution in [-0.2, 0) is 16.4 Å². The third-order valence-corrected chi connectivity index (χ3v) is 6.61. The summed E-state index contributed by atoms with van der Waals surface area (Å²) in [4.78, 5) is 14.4. The Morgan fingerprint density at radius 3 is 2.30 bits per heavy atom. The SMILES string of the molecule is CC(C)Cc1ccc(S(=O)(=O)N2CCN(CC(=O)c3ccco3)CC2)cc1. The summed E-state index contributed by atoms with van der Waals surface area (Å²) >= 11 is 0. The summed E-state index contributed by atoms with van der Waals surface area (Å²) < 4.78 is 32.3. The van der Waals surface area contributed by atoms with Gasteiger partial charge in [0.1, 0.15) is 0 Å². The molecule has 2 aromatic rings. The number of benzene rings is 1. The van der Waals surface area contributed by atoms with Crippen molar-refractivity contribution in [3.63, 3.8) is 0 Å². The highest BCUT2D eigenvalue weighted by Gasteiger charge is 2.29. The van der Waals surface area contributed by atoms with E-state index in [2.05, 4.69) is 13.8 Å². The lowest BCUT2D eigenvalue weighted by Crippen LogP contribution is -2.49. The summed E-state index contributed by atoms with van der Waals surface area (Å²) in [6.45, 7) is 6.32. The lowest BCUT2D eigenvalue weighted by atomic mass is 10.0. The van der Waals surface area contributed by atoms with E-state index >= 15 is 0 Å². The van der Waals surface area contributed by atoms with Crippen molar-refractivity contribution in [2.75, 3.05) is 32.7 Å². The molecule has 7 heteroatoms. The Balaban J connectivity index is 1.58. The summed E-state index contributed by atoms with van der Waals surface area (Å²) in [6, 6.07) is 10.5. The average molecular weight is 391 g/mol. The predicted octanol–water partition coefficient (Wildman–Crippen LogP) is 2.67. The van der Waals surface area contributed by atoms with Gasteiger partial charge in [-0.25, -0.2) is 8.42 Å². The molecule has 1 aromatic heterocycles. The molecule has 1 saturated heterocycles. The first-order valence-corrected chi connectivity index (χ1v) is 10.7. The van der Waals surface area contributed by atoms with Crippen LogP contribution in [0.25, 0.3) is 0 Å². The molecule has 0 amide bonds. The van der Waals surface area contributed by atoms with E-state index in [1.165, 1.54) is 10.6 Å². The van der Waals surface area contributed by atoms with Crippen LogP contribution < -0.4 is 0 Å². The average Bonchev–Trinajstić information content (AvgIpc) is 3.17. The number of sulfonamides is 1. The van der Waals surface area contributed by atoms with E-state index in [9.17, 15) is 13.2 Å². The lowest BCUT2D eigenvalue weighted by molar-refractivity contribution is 0.0874. The maximum atomic E-state index is 12.9. The van der Waals surface area contributed by atoms with Gasteiger partial charge in [0, 0.05) is 26.2 Å². The van der Waals surface area contributed by atoms with Crippen LogP contribution in [0, 0.1) is 5.92 Å². The van der Waals surface area contributed by atoms with Gasteiger partial charge in [-0.05, 0) is 42.2 Å². The van der Waals surface area contributed by atoms with Crippen LogP contribution >= 0.6 is 0 Å². The highest BCUT2D eigenvalue weighted by atomic mass is 32.2. The van der Waals surface area contributed by atoms with Crippen molar-refractivity contribution in [1.29, 1.82) is 0 Å². The number of furan rings is 1. The molecule has 2 heterocycles. The van der Waals surface area contributed by atoms with Crippen molar-refractivity contribution in [3.8, 4) is 0 Å². The fourth-order valence-electron chi connectivity index (χ4n) is 3.26. The molecule has 1 aromatic carbocycles. The van der Waals surface area contributed by atoms with Gasteiger partial charge < -0.3 is 4.42 Å². The fraction of sp³-hybridized carbons (Fsp3) is 0.450. The smallest absolute Gasteiger partial charge is 0.243 e. The minimum absolute atomic E-state index is 0.0861. The Morgan fingerprint density at radius 1 is 1.07 bits per heavy atom.